The van der Waals surface area contributed by atoms with Gasteiger partial charge in [-0.25, -0.2) is 0 Å². The zero-order valence-electron chi connectivity index (χ0n) is 7.01. The molecule has 2 rings (SSSR count). The van der Waals surface area contributed by atoms with E-state index >= 15 is 0 Å². The molecule has 1 unspecified atom stereocenters. The summed E-state index contributed by atoms with van der Waals surface area (Å²) < 4.78 is 5.61. The quantitative estimate of drug-likeness (QED) is 0.622. The maximum absolute atomic E-state index is 6.24. The van der Waals surface area contributed by atoms with Crippen LogP contribution in [0.1, 0.15) is 38.5 Å². The molecule has 2 aliphatic rings. The summed E-state index contributed by atoms with van der Waals surface area (Å²) in [5.41, 5.74) is 6.29. The molecule has 0 amide bonds. The third-order valence-electron chi connectivity index (χ3n) is 3.11. The lowest BCUT2D eigenvalue weighted by molar-refractivity contribution is 0.0484. The fraction of sp³-hybridized carbons (Fsp3) is 1.00. The maximum Gasteiger partial charge on any atom is 0.0755 e. The highest BCUT2D eigenvalue weighted by atomic mass is 16.5. The molecule has 1 aliphatic heterocycles. The largest absolute Gasteiger partial charge is 0.376 e. The Balaban J connectivity index is 2.00. The summed E-state index contributed by atoms with van der Waals surface area (Å²) in [6.45, 7) is 0.934. The summed E-state index contributed by atoms with van der Waals surface area (Å²) in [4.78, 5) is 0. The molecule has 2 N–H and O–H groups in total. The van der Waals surface area contributed by atoms with Gasteiger partial charge in [-0.2, -0.15) is 0 Å². The summed E-state index contributed by atoms with van der Waals surface area (Å²) in [7, 11) is 0. The average molecular weight is 155 g/mol. The Hall–Kier alpha value is -0.0800. The van der Waals surface area contributed by atoms with Crippen LogP contribution in [-0.4, -0.2) is 18.2 Å². The Bertz CT molecular complexity index is 134. The number of hydrogen-bond acceptors (Lipinski definition) is 2. The van der Waals surface area contributed by atoms with E-state index in [-0.39, 0.29) is 5.54 Å². The van der Waals surface area contributed by atoms with Gasteiger partial charge in [0.1, 0.15) is 0 Å². The van der Waals surface area contributed by atoms with Gasteiger partial charge in [0.2, 0.25) is 0 Å². The molecule has 1 aliphatic carbocycles. The van der Waals surface area contributed by atoms with E-state index in [2.05, 4.69) is 0 Å². The number of nitrogens with two attached hydrogens (primary N) is 1. The van der Waals surface area contributed by atoms with Gasteiger partial charge in [0.25, 0.3) is 0 Å². The van der Waals surface area contributed by atoms with Crippen LogP contribution in [0.4, 0.5) is 0 Å². The van der Waals surface area contributed by atoms with Gasteiger partial charge in [-0.3, -0.25) is 0 Å². The number of rotatable bonds is 1. The molecule has 11 heavy (non-hydrogen) atoms. The van der Waals surface area contributed by atoms with Crippen LogP contribution in [0.2, 0.25) is 0 Å². The van der Waals surface area contributed by atoms with E-state index in [1.54, 1.807) is 0 Å². The van der Waals surface area contributed by atoms with Crippen LogP contribution < -0.4 is 5.73 Å². The topological polar surface area (TPSA) is 35.2 Å². The standard InChI is InChI=1S/C9H17NO/c10-9(5-1-2-6-9)8-4-3-7-11-8/h8H,1-7,10H2. The molecule has 2 fully saturated rings. The SMILES string of the molecule is NC1(C2CCCO2)CCCC1. The zero-order valence-corrected chi connectivity index (χ0v) is 7.01. The third kappa shape index (κ3) is 1.30. The van der Waals surface area contributed by atoms with Crippen molar-refractivity contribution in [3.8, 4) is 0 Å². The van der Waals surface area contributed by atoms with Crippen molar-refractivity contribution in [3.63, 3.8) is 0 Å². The van der Waals surface area contributed by atoms with Crippen LogP contribution in [0.5, 0.6) is 0 Å². The van der Waals surface area contributed by atoms with Crippen molar-refractivity contribution in [2.75, 3.05) is 6.61 Å². The van der Waals surface area contributed by atoms with Gasteiger partial charge in [0.05, 0.1) is 6.10 Å². The highest BCUT2D eigenvalue weighted by Gasteiger charge is 2.39. The van der Waals surface area contributed by atoms with Gasteiger partial charge in [-0.1, -0.05) is 12.8 Å². The Morgan fingerprint density at radius 3 is 2.45 bits per heavy atom. The molecule has 2 nitrogen and oxygen atoms in total. The van der Waals surface area contributed by atoms with Crippen molar-refractivity contribution >= 4 is 0 Å². The first-order valence-corrected chi connectivity index (χ1v) is 4.72. The first-order valence-electron chi connectivity index (χ1n) is 4.72. The Labute approximate surface area is 68.1 Å². The van der Waals surface area contributed by atoms with Crippen LogP contribution in [-0.2, 0) is 4.74 Å². The molecule has 0 spiro atoms. The Morgan fingerprint density at radius 1 is 1.18 bits per heavy atom. The van der Waals surface area contributed by atoms with Crippen molar-refractivity contribution in [2.45, 2.75) is 50.2 Å². The molecule has 1 atom stereocenters. The van der Waals surface area contributed by atoms with E-state index in [0.29, 0.717) is 6.10 Å². The molecule has 0 radical (unpaired) electrons. The summed E-state index contributed by atoms with van der Waals surface area (Å²) in [6, 6.07) is 0. The maximum atomic E-state index is 6.24. The monoisotopic (exact) mass is 155 g/mol. The molecule has 64 valence electrons. The molecule has 1 heterocycles. The molecule has 1 saturated heterocycles. The molecule has 1 saturated carbocycles. The summed E-state index contributed by atoms with van der Waals surface area (Å²) in [5.74, 6) is 0. The van der Waals surface area contributed by atoms with Crippen molar-refractivity contribution in [2.24, 2.45) is 5.73 Å². The van der Waals surface area contributed by atoms with Crippen LogP contribution in [0.25, 0.3) is 0 Å². The van der Waals surface area contributed by atoms with Gasteiger partial charge in [-0.05, 0) is 25.7 Å². The minimum Gasteiger partial charge on any atom is -0.376 e. The normalized spacial score (nSPS) is 36.3. The van der Waals surface area contributed by atoms with E-state index < -0.39 is 0 Å². The van der Waals surface area contributed by atoms with Gasteiger partial charge in [-0.15, -0.1) is 0 Å². The minimum absolute atomic E-state index is 0.0521. The van der Waals surface area contributed by atoms with E-state index in [1.165, 1.54) is 38.5 Å². The summed E-state index contributed by atoms with van der Waals surface area (Å²) in [5, 5.41) is 0. The first kappa shape index (κ1) is 7.56. The lowest BCUT2D eigenvalue weighted by Gasteiger charge is -2.29. The zero-order chi connectivity index (χ0) is 7.73. The van der Waals surface area contributed by atoms with Crippen molar-refractivity contribution in [3.05, 3.63) is 0 Å². The van der Waals surface area contributed by atoms with Crippen molar-refractivity contribution in [1.29, 1.82) is 0 Å². The fourth-order valence-electron chi connectivity index (χ4n) is 2.39. The second kappa shape index (κ2) is 2.76. The summed E-state index contributed by atoms with van der Waals surface area (Å²) in [6.07, 6.45) is 7.74. The predicted octanol–water partition coefficient (Wildman–Crippen LogP) is 1.44. The molecule has 2 heteroatoms. The smallest absolute Gasteiger partial charge is 0.0755 e. The molecule has 0 aromatic heterocycles. The van der Waals surface area contributed by atoms with Crippen LogP contribution >= 0.6 is 0 Å². The van der Waals surface area contributed by atoms with Crippen LogP contribution in [0, 0.1) is 0 Å². The highest BCUT2D eigenvalue weighted by Crippen LogP contribution is 2.35. The predicted molar refractivity (Wildman–Crippen MR) is 44.4 cm³/mol. The van der Waals surface area contributed by atoms with Crippen molar-refractivity contribution in [1.82, 2.24) is 0 Å². The average Bonchev–Trinajstić information content (AvgIpc) is 2.55. The van der Waals surface area contributed by atoms with Crippen LogP contribution in [0.15, 0.2) is 0 Å². The third-order valence-corrected chi connectivity index (χ3v) is 3.11. The molecule has 0 aromatic rings. The van der Waals surface area contributed by atoms with E-state index in [1.807, 2.05) is 0 Å². The Morgan fingerprint density at radius 2 is 1.91 bits per heavy atom. The lowest BCUT2D eigenvalue weighted by Crippen LogP contribution is -2.47. The minimum atomic E-state index is 0.0521. The van der Waals surface area contributed by atoms with E-state index in [4.69, 9.17) is 10.5 Å². The molecular formula is C9H17NO. The fourth-order valence-corrected chi connectivity index (χ4v) is 2.39. The van der Waals surface area contributed by atoms with E-state index in [0.717, 1.165) is 6.61 Å². The second-order valence-electron chi connectivity index (χ2n) is 3.94. The van der Waals surface area contributed by atoms with Crippen LogP contribution in [0.3, 0.4) is 0 Å². The van der Waals surface area contributed by atoms with E-state index in [9.17, 15) is 0 Å². The lowest BCUT2D eigenvalue weighted by atomic mass is 9.90. The summed E-state index contributed by atoms with van der Waals surface area (Å²) >= 11 is 0. The number of hydrogen-bond donors (Lipinski definition) is 1. The second-order valence-corrected chi connectivity index (χ2v) is 3.94. The molecule has 0 bridgehead atoms. The van der Waals surface area contributed by atoms with Crippen molar-refractivity contribution < 1.29 is 4.74 Å². The highest BCUT2D eigenvalue weighted by molar-refractivity contribution is 4.97. The first-order chi connectivity index (χ1) is 5.31. The van der Waals surface area contributed by atoms with Gasteiger partial charge in [0, 0.05) is 12.1 Å². The van der Waals surface area contributed by atoms with Gasteiger partial charge in [0.15, 0.2) is 0 Å². The molecule has 0 aromatic carbocycles. The number of ether oxygens (including phenoxy) is 1. The van der Waals surface area contributed by atoms with Gasteiger partial charge >= 0.3 is 0 Å². The van der Waals surface area contributed by atoms with Gasteiger partial charge < -0.3 is 10.5 Å². The Kier molecular flexibility index (Phi) is 1.90. The molecular weight excluding hydrogens is 138 g/mol.